The molecule has 116 valence electrons. The Morgan fingerprint density at radius 1 is 1.30 bits per heavy atom. The van der Waals surface area contributed by atoms with Crippen molar-refractivity contribution < 1.29 is 24.7 Å². The summed E-state index contributed by atoms with van der Waals surface area (Å²) in [4.78, 5) is 29.8. The van der Waals surface area contributed by atoms with Gasteiger partial charge < -0.3 is 5.11 Å². The Balaban J connectivity index is 3.27. The van der Waals surface area contributed by atoms with Gasteiger partial charge in [0, 0.05) is 5.92 Å². The van der Waals surface area contributed by atoms with Crippen LogP contribution in [-0.2, 0) is 14.4 Å². The van der Waals surface area contributed by atoms with Gasteiger partial charge in [-0.25, -0.2) is 5.06 Å². The summed E-state index contributed by atoms with van der Waals surface area (Å²) in [6.45, 7) is 6.99. The summed E-state index contributed by atoms with van der Waals surface area (Å²) in [7, 11) is 1.27. The molecule has 20 heavy (non-hydrogen) atoms. The molecule has 2 N–H and O–H groups in total. The minimum Gasteiger partial charge on any atom is -0.361 e. The number of rotatable bonds is 5. The van der Waals surface area contributed by atoms with Gasteiger partial charge in [0.25, 0.3) is 5.91 Å². The summed E-state index contributed by atoms with van der Waals surface area (Å²) >= 11 is 0. The Morgan fingerprint density at radius 3 is 2.25 bits per heavy atom. The third kappa shape index (κ3) is 2.30. The monoisotopic (exact) mass is 288 g/mol. The van der Waals surface area contributed by atoms with Crippen molar-refractivity contribution in [2.45, 2.75) is 52.3 Å². The molecule has 0 aromatic carbocycles. The molecule has 7 nitrogen and oxygen atoms in total. The molecule has 1 aliphatic heterocycles. The Labute approximate surface area is 119 Å². The number of carbonyl (C=O) groups is 2. The fourth-order valence-electron chi connectivity index (χ4n) is 2.37. The Morgan fingerprint density at radius 2 is 1.85 bits per heavy atom. The third-order valence-corrected chi connectivity index (χ3v) is 4.23. The number of carbonyl (C=O) groups excluding carboxylic acids is 2. The SMILES string of the molecule is CC[C@H](C)C1C(=O)N(O)C(O)([C@@H](C)CC)C(=O)N1OC. The standard InChI is InChI=1S/C13H24N2O5/c1-6-8(3)10-11(16)15(19)13(18,9(4)7-2)12(17)14(10)20-5/h8-10,18-19H,6-7H2,1-5H3/t8-,9-,10?,13?/m0/s1. The van der Waals surface area contributed by atoms with Crippen molar-refractivity contribution in [1.29, 1.82) is 0 Å². The van der Waals surface area contributed by atoms with Gasteiger partial charge in [-0.05, 0) is 12.3 Å². The molecule has 2 unspecified atom stereocenters. The highest BCUT2D eigenvalue weighted by Crippen LogP contribution is 2.34. The average Bonchev–Trinajstić information content (AvgIpc) is 2.46. The zero-order valence-electron chi connectivity index (χ0n) is 12.7. The highest BCUT2D eigenvalue weighted by Gasteiger charge is 2.59. The van der Waals surface area contributed by atoms with Crippen LogP contribution in [0.15, 0.2) is 0 Å². The molecule has 0 bridgehead atoms. The van der Waals surface area contributed by atoms with Crippen LogP contribution in [0.2, 0.25) is 0 Å². The molecular formula is C13H24N2O5. The molecule has 7 heteroatoms. The molecule has 1 heterocycles. The maximum absolute atomic E-state index is 12.5. The molecular weight excluding hydrogens is 264 g/mol. The maximum Gasteiger partial charge on any atom is 0.302 e. The molecule has 1 rings (SSSR count). The number of hydroxylamine groups is 4. The van der Waals surface area contributed by atoms with E-state index < -0.39 is 29.5 Å². The number of aliphatic hydroxyl groups is 1. The van der Waals surface area contributed by atoms with Crippen molar-refractivity contribution in [3.8, 4) is 0 Å². The number of hydrogen-bond acceptors (Lipinski definition) is 5. The summed E-state index contributed by atoms with van der Waals surface area (Å²) in [6, 6.07) is -0.938. The van der Waals surface area contributed by atoms with Crippen LogP contribution in [0.1, 0.15) is 40.5 Å². The van der Waals surface area contributed by atoms with Gasteiger partial charge in [-0.1, -0.05) is 34.1 Å². The first kappa shape index (κ1) is 16.9. The molecule has 1 aliphatic rings. The lowest BCUT2D eigenvalue weighted by atomic mass is 9.87. The molecule has 1 fully saturated rings. The summed E-state index contributed by atoms with van der Waals surface area (Å²) in [5.74, 6) is -2.38. The van der Waals surface area contributed by atoms with Crippen molar-refractivity contribution in [3.63, 3.8) is 0 Å². The lowest BCUT2D eigenvalue weighted by Crippen LogP contribution is -2.73. The Kier molecular flexibility index (Phi) is 5.12. The summed E-state index contributed by atoms with van der Waals surface area (Å²) in [5.41, 5.74) is -2.29. The molecule has 1 saturated heterocycles. The van der Waals surface area contributed by atoms with E-state index in [2.05, 4.69) is 0 Å². The summed E-state index contributed by atoms with van der Waals surface area (Å²) in [5, 5.41) is 21.6. The van der Waals surface area contributed by atoms with Gasteiger partial charge in [-0.2, -0.15) is 5.06 Å². The lowest BCUT2D eigenvalue weighted by Gasteiger charge is -2.48. The first-order valence-corrected chi connectivity index (χ1v) is 6.90. The zero-order chi connectivity index (χ0) is 15.7. The van der Waals surface area contributed by atoms with Crippen LogP contribution in [0.3, 0.4) is 0 Å². The number of nitrogens with zero attached hydrogens (tertiary/aromatic N) is 2. The maximum atomic E-state index is 12.5. The topological polar surface area (TPSA) is 90.3 Å². The van der Waals surface area contributed by atoms with Crippen LogP contribution in [0.5, 0.6) is 0 Å². The van der Waals surface area contributed by atoms with E-state index in [4.69, 9.17) is 4.84 Å². The molecule has 0 spiro atoms. The smallest absolute Gasteiger partial charge is 0.302 e. The van der Waals surface area contributed by atoms with E-state index >= 15 is 0 Å². The molecule has 2 amide bonds. The minimum absolute atomic E-state index is 0.176. The van der Waals surface area contributed by atoms with Gasteiger partial charge in [0.2, 0.25) is 5.72 Å². The molecule has 0 aromatic rings. The summed E-state index contributed by atoms with van der Waals surface area (Å²) < 4.78 is 0. The van der Waals surface area contributed by atoms with E-state index in [1.807, 2.05) is 6.92 Å². The molecule has 4 atom stereocenters. The number of hydrogen-bond donors (Lipinski definition) is 2. The van der Waals surface area contributed by atoms with Crippen molar-refractivity contribution >= 4 is 11.8 Å². The quantitative estimate of drug-likeness (QED) is 0.729. The second-order valence-corrected chi connectivity index (χ2v) is 5.33. The van der Waals surface area contributed by atoms with E-state index in [0.29, 0.717) is 12.8 Å². The fourth-order valence-corrected chi connectivity index (χ4v) is 2.37. The zero-order valence-corrected chi connectivity index (χ0v) is 12.7. The predicted molar refractivity (Wildman–Crippen MR) is 70.1 cm³/mol. The van der Waals surface area contributed by atoms with Crippen molar-refractivity contribution in [3.05, 3.63) is 0 Å². The van der Waals surface area contributed by atoms with E-state index in [0.717, 1.165) is 5.06 Å². The van der Waals surface area contributed by atoms with Gasteiger partial charge in [0.05, 0.1) is 7.11 Å². The second kappa shape index (κ2) is 6.07. The van der Waals surface area contributed by atoms with Crippen LogP contribution in [-0.4, -0.2) is 51.1 Å². The third-order valence-electron chi connectivity index (χ3n) is 4.23. The van der Waals surface area contributed by atoms with E-state index in [9.17, 15) is 19.9 Å². The second-order valence-electron chi connectivity index (χ2n) is 5.33. The van der Waals surface area contributed by atoms with Crippen molar-refractivity contribution in [1.82, 2.24) is 10.1 Å². The number of piperazine rings is 1. The molecule has 0 saturated carbocycles. The van der Waals surface area contributed by atoms with Gasteiger partial charge in [-0.3, -0.25) is 19.6 Å². The Hall–Kier alpha value is -1.18. The molecule has 0 aromatic heterocycles. The van der Waals surface area contributed by atoms with Gasteiger partial charge in [-0.15, -0.1) is 0 Å². The first-order valence-electron chi connectivity index (χ1n) is 6.90. The first-order chi connectivity index (χ1) is 9.27. The largest absolute Gasteiger partial charge is 0.361 e. The van der Waals surface area contributed by atoms with E-state index in [1.165, 1.54) is 7.11 Å². The van der Waals surface area contributed by atoms with Crippen LogP contribution < -0.4 is 0 Å². The summed E-state index contributed by atoms with van der Waals surface area (Å²) in [6.07, 6.45) is 1.04. The van der Waals surface area contributed by atoms with Crippen LogP contribution >= 0.6 is 0 Å². The van der Waals surface area contributed by atoms with Gasteiger partial charge in [0.1, 0.15) is 6.04 Å². The van der Waals surface area contributed by atoms with Crippen LogP contribution in [0.25, 0.3) is 0 Å². The minimum atomic E-state index is -2.29. The van der Waals surface area contributed by atoms with Crippen molar-refractivity contribution in [2.75, 3.05) is 7.11 Å². The molecule has 0 radical (unpaired) electrons. The number of amides is 2. The fraction of sp³-hybridized carbons (Fsp3) is 0.846. The Bertz CT molecular complexity index is 389. The van der Waals surface area contributed by atoms with Crippen LogP contribution in [0.4, 0.5) is 0 Å². The lowest BCUT2D eigenvalue weighted by molar-refractivity contribution is -0.306. The highest BCUT2D eigenvalue weighted by molar-refractivity contribution is 5.97. The highest BCUT2D eigenvalue weighted by atomic mass is 16.7. The molecule has 0 aliphatic carbocycles. The van der Waals surface area contributed by atoms with Gasteiger partial charge >= 0.3 is 5.91 Å². The van der Waals surface area contributed by atoms with Gasteiger partial charge in [0.15, 0.2) is 0 Å². The normalized spacial score (nSPS) is 30.6. The predicted octanol–water partition coefficient (Wildman–Crippen LogP) is 0.757. The van der Waals surface area contributed by atoms with Crippen LogP contribution in [0, 0.1) is 11.8 Å². The van der Waals surface area contributed by atoms with E-state index in [1.54, 1.807) is 20.8 Å². The van der Waals surface area contributed by atoms with E-state index in [-0.39, 0.29) is 11.0 Å². The average molecular weight is 288 g/mol. The van der Waals surface area contributed by atoms with Crippen molar-refractivity contribution in [2.24, 2.45) is 11.8 Å².